The van der Waals surface area contributed by atoms with E-state index in [1.807, 2.05) is 6.92 Å². The monoisotopic (exact) mass is 218 g/mol. The van der Waals surface area contributed by atoms with Crippen molar-refractivity contribution >= 4 is 23.1 Å². The minimum Gasteiger partial charge on any atom is -0.392 e. The van der Waals surface area contributed by atoms with Gasteiger partial charge in [-0.2, -0.15) is 0 Å². The predicted molar refractivity (Wildman–Crippen MR) is 60.1 cm³/mol. The Labute approximate surface area is 90.2 Å². The van der Waals surface area contributed by atoms with Crippen LogP contribution in [0.5, 0.6) is 0 Å². The van der Waals surface area contributed by atoms with Crippen LogP contribution in [-0.2, 0) is 9.53 Å². The first-order chi connectivity index (χ1) is 6.42. The quantitative estimate of drug-likeness (QED) is 0.502. The summed E-state index contributed by atoms with van der Waals surface area (Å²) >= 11 is 4.80. The smallest absolute Gasteiger partial charge is 0.232 e. The normalized spacial score (nSPS) is 11.1. The molecular formula is C9H18N2O2S. The van der Waals surface area contributed by atoms with E-state index in [-0.39, 0.29) is 10.9 Å². The largest absolute Gasteiger partial charge is 0.392 e. The summed E-state index contributed by atoms with van der Waals surface area (Å²) in [6.07, 6.45) is 0. The van der Waals surface area contributed by atoms with Crippen molar-refractivity contribution in [2.45, 2.75) is 20.8 Å². The zero-order valence-corrected chi connectivity index (χ0v) is 9.74. The molecular weight excluding hydrogens is 200 g/mol. The second kappa shape index (κ2) is 5.93. The van der Waals surface area contributed by atoms with E-state index in [1.54, 1.807) is 13.8 Å². The van der Waals surface area contributed by atoms with Gasteiger partial charge in [0.2, 0.25) is 5.91 Å². The number of amides is 1. The van der Waals surface area contributed by atoms with E-state index >= 15 is 0 Å². The average molecular weight is 218 g/mol. The van der Waals surface area contributed by atoms with E-state index in [9.17, 15) is 4.79 Å². The molecule has 4 nitrogen and oxygen atoms in total. The second-order valence-corrected chi connectivity index (χ2v) is 3.88. The van der Waals surface area contributed by atoms with E-state index in [0.717, 1.165) is 0 Å². The van der Waals surface area contributed by atoms with Gasteiger partial charge in [-0.1, -0.05) is 12.2 Å². The molecule has 5 heteroatoms. The molecule has 0 heterocycles. The number of hydrogen-bond acceptors (Lipinski definition) is 3. The number of rotatable bonds is 6. The average Bonchev–Trinajstić information content (AvgIpc) is 2.11. The van der Waals surface area contributed by atoms with Crippen LogP contribution in [0.4, 0.5) is 0 Å². The minimum atomic E-state index is -0.790. The zero-order chi connectivity index (χ0) is 11.2. The van der Waals surface area contributed by atoms with Crippen LogP contribution in [0.25, 0.3) is 0 Å². The third kappa shape index (κ3) is 4.02. The summed E-state index contributed by atoms with van der Waals surface area (Å²) < 4.78 is 5.08. The Kier molecular flexibility index (Phi) is 5.64. The highest BCUT2D eigenvalue weighted by atomic mass is 32.1. The Morgan fingerprint density at radius 3 is 2.57 bits per heavy atom. The zero-order valence-electron chi connectivity index (χ0n) is 8.92. The Balaban J connectivity index is 3.90. The molecule has 0 saturated carbocycles. The van der Waals surface area contributed by atoms with Gasteiger partial charge in [-0.3, -0.25) is 4.79 Å². The van der Waals surface area contributed by atoms with Gasteiger partial charge in [-0.05, 0) is 20.8 Å². The Morgan fingerprint density at radius 1 is 1.57 bits per heavy atom. The van der Waals surface area contributed by atoms with E-state index in [2.05, 4.69) is 5.32 Å². The number of nitrogens with two attached hydrogens (primary N) is 1. The van der Waals surface area contributed by atoms with Crippen molar-refractivity contribution in [3.8, 4) is 0 Å². The lowest BCUT2D eigenvalue weighted by Gasteiger charge is -2.21. The molecule has 0 aromatic rings. The van der Waals surface area contributed by atoms with Crippen molar-refractivity contribution in [1.82, 2.24) is 5.32 Å². The lowest BCUT2D eigenvalue weighted by atomic mass is 9.92. The predicted octanol–water partition coefficient (Wildman–Crippen LogP) is 0.451. The topological polar surface area (TPSA) is 64.3 Å². The van der Waals surface area contributed by atoms with E-state index in [0.29, 0.717) is 19.8 Å². The molecule has 0 aliphatic carbocycles. The maximum Gasteiger partial charge on any atom is 0.232 e. The molecule has 0 rings (SSSR count). The fraction of sp³-hybridized carbons (Fsp3) is 0.778. The van der Waals surface area contributed by atoms with Crippen LogP contribution >= 0.6 is 12.2 Å². The maximum absolute atomic E-state index is 11.5. The lowest BCUT2D eigenvalue weighted by molar-refractivity contribution is -0.126. The first kappa shape index (κ1) is 13.3. The molecule has 0 atom stereocenters. The molecule has 0 aliphatic heterocycles. The Bertz CT molecular complexity index is 217. The summed E-state index contributed by atoms with van der Waals surface area (Å²) in [6.45, 7) is 6.94. The first-order valence-corrected chi connectivity index (χ1v) is 4.99. The van der Waals surface area contributed by atoms with Crippen molar-refractivity contribution in [3.63, 3.8) is 0 Å². The maximum atomic E-state index is 11.5. The summed E-state index contributed by atoms with van der Waals surface area (Å²) in [5.41, 5.74) is 4.65. The van der Waals surface area contributed by atoms with Gasteiger partial charge in [0.15, 0.2) is 0 Å². The number of carbonyl (C=O) groups is 1. The van der Waals surface area contributed by atoms with E-state index in [4.69, 9.17) is 22.7 Å². The lowest BCUT2D eigenvalue weighted by Crippen LogP contribution is -2.45. The number of nitrogens with one attached hydrogen (secondary N) is 1. The molecule has 0 bridgehead atoms. The van der Waals surface area contributed by atoms with Crippen LogP contribution in [0.15, 0.2) is 0 Å². The Hall–Kier alpha value is -0.680. The summed E-state index contributed by atoms with van der Waals surface area (Å²) in [6, 6.07) is 0. The molecule has 3 N–H and O–H groups in total. The van der Waals surface area contributed by atoms with Crippen LogP contribution in [0.2, 0.25) is 0 Å². The standard InChI is InChI=1S/C9H18N2O2S/c1-4-13-6-5-11-8(12)9(2,3)7(10)14/h4-6H2,1-3H3,(H2,10,14)(H,11,12). The molecule has 0 fully saturated rings. The van der Waals surface area contributed by atoms with Gasteiger partial charge < -0.3 is 15.8 Å². The van der Waals surface area contributed by atoms with Crippen LogP contribution in [-0.4, -0.2) is 30.7 Å². The molecule has 0 unspecified atom stereocenters. The van der Waals surface area contributed by atoms with Crippen LogP contribution in [0, 0.1) is 5.41 Å². The molecule has 0 spiro atoms. The van der Waals surface area contributed by atoms with Crippen molar-refractivity contribution in [3.05, 3.63) is 0 Å². The molecule has 1 amide bonds. The number of ether oxygens (including phenoxy) is 1. The van der Waals surface area contributed by atoms with Crippen LogP contribution < -0.4 is 11.1 Å². The highest BCUT2D eigenvalue weighted by Gasteiger charge is 2.30. The van der Waals surface area contributed by atoms with Crippen LogP contribution in [0.1, 0.15) is 20.8 Å². The molecule has 82 valence electrons. The molecule has 0 radical (unpaired) electrons. The van der Waals surface area contributed by atoms with Crippen molar-refractivity contribution in [1.29, 1.82) is 0 Å². The van der Waals surface area contributed by atoms with Crippen molar-refractivity contribution in [2.24, 2.45) is 11.1 Å². The highest BCUT2D eigenvalue weighted by molar-refractivity contribution is 7.80. The van der Waals surface area contributed by atoms with Crippen molar-refractivity contribution < 1.29 is 9.53 Å². The van der Waals surface area contributed by atoms with E-state index in [1.165, 1.54) is 0 Å². The summed E-state index contributed by atoms with van der Waals surface area (Å²) in [4.78, 5) is 11.7. The van der Waals surface area contributed by atoms with Gasteiger partial charge in [-0.25, -0.2) is 0 Å². The molecule has 0 aromatic carbocycles. The van der Waals surface area contributed by atoms with Crippen LogP contribution in [0.3, 0.4) is 0 Å². The number of carbonyl (C=O) groups excluding carboxylic acids is 1. The van der Waals surface area contributed by atoms with Gasteiger partial charge in [-0.15, -0.1) is 0 Å². The number of thiocarbonyl (C=S) groups is 1. The van der Waals surface area contributed by atoms with Gasteiger partial charge in [0.25, 0.3) is 0 Å². The van der Waals surface area contributed by atoms with Gasteiger partial charge in [0.1, 0.15) is 0 Å². The molecule has 0 aromatic heterocycles. The highest BCUT2D eigenvalue weighted by Crippen LogP contribution is 2.14. The third-order valence-corrected chi connectivity index (χ3v) is 2.43. The second-order valence-electron chi connectivity index (χ2n) is 3.44. The van der Waals surface area contributed by atoms with E-state index < -0.39 is 5.41 Å². The fourth-order valence-corrected chi connectivity index (χ4v) is 0.807. The van der Waals surface area contributed by atoms with Gasteiger partial charge in [0.05, 0.1) is 17.0 Å². The third-order valence-electron chi connectivity index (χ3n) is 1.92. The van der Waals surface area contributed by atoms with Gasteiger partial charge in [0, 0.05) is 13.2 Å². The summed E-state index contributed by atoms with van der Waals surface area (Å²) in [5.74, 6) is -0.162. The van der Waals surface area contributed by atoms with Crippen molar-refractivity contribution in [2.75, 3.05) is 19.8 Å². The molecule has 0 aliphatic rings. The molecule has 0 saturated heterocycles. The summed E-state index contributed by atoms with van der Waals surface area (Å²) in [7, 11) is 0. The fourth-order valence-electron chi connectivity index (χ4n) is 0.714. The molecule has 14 heavy (non-hydrogen) atoms. The minimum absolute atomic E-state index is 0.162. The first-order valence-electron chi connectivity index (χ1n) is 4.58. The Morgan fingerprint density at radius 2 is 2.14 bits per heavy atom. The summed E-state index contributed by atoms with van der Waals surface area (Å²) in [5, 5.41) is 2.71. The van der Waals surface area contributed by atoms with Gasteiger partial charge >= 0.3 is 0 Å². The SMILES string of the molecule is CCOCCNC(=O)C(C)(C)C(N)=S. The number of hydrogen-bond donors (Lipinski definition) is 2.